The van der Waals surface area contributed by atoms with Crippen LogP contribution in [0.3, 0.4) is 0 Å². The van der Waals surface area contributed by atoms with Crippen LogP contribution in [0.4, 0.5) is 17.6 Å². The van der Waals surface area contributed by atoms with Gasteiger partial charge in [-0.05, 0) is 54.6 Å². The van der Waals surface area contributed by atoms with Crippen molar-refractivity contribution in [3.05, 3.63) is 108 Å². The van der Waals surface area contributed by atoms with Crippen LogP contribution in [0.25, 0.3) is 11.1 Å². The first kappa shape index (κ1) is 28.6. The number of rotatable bonds is 9. The van der Waals surface area contributed by atoms with E-state index >= 15 is 0 Å². The second kappa shape index (κ2) is 11.4. The second-order valence-corrected chi connectivity index (χ2v) is 10.4. The van der Waals surface area contributed by atoms with Crippen LogP contribution >= 0.6 is 0 Å². The molecule has 0 heterocycles. The van der Waals surface area contributed by atoms with Crippen LogP contribution < -0.4 is 19.9 Å². The minimum atomic E-state index is -4.92. The minimum absolute atomic E-state index is 0.0207. The lowest BCUT2D eigenvalue weighted by atomic mass is 9.89. The number of carbonyl (C=O) groups excluding carboxylic acids is 1. The largest absolute Gasteiger partial charge is 0.573 e. The standard InChI is InChI=1S/C28H22F4N2O5S/c1-34-40(36,37)21-12-9-17(10-13-21)26(27(33)35)18-11-14-23(22-7-2-3-8-24(22)29)25(15-18)38-19-5-4-6-20(16-19)39-28(30,31)32/h2-16,26,34H,1H3,(H2,33,35). The smallest absolute Gasteiger partial charge is 0.457 e. The third kappa shape index (κ3) is 6.58. The van der Waals surface area contributed by atoms with Gasteiger partial charge in [0.2, 0.25) is 15.9 Å². The number of amides is 1. The predicted octanol–water partition coefficient (Wildman–Crippen LogP) is 5.71. The molecule has 0 radical (unpaired) electrons. The Morgan fingerprint density at radius 1 is 0.850 bits per heavy atom. The molecule has 208 valence electrons. The summed E-state index contributed by atoms with van der Waals surface area (Å²) in [4.78, 5) is 12.5. The molecule has 0 aliphatic heterocycles. The number of hydrogen-bond acceptors (Lipinski definition) is 5. The van der Waals surface area contributed by atoms with Gasteiger partial charge in [0.15, 0.2) is 0 Å². The SMILES string of the molecule is CNS(=O)(=O)c1ccc(C(C(N)=O)c2ccc(-c3ccccc3F)c(Oc3cccc(OC(F)(F)F)c3)c2)cc1. The molecule has 4 aromatic carbocycles. The number of nitrogens with two attached hydrogens (primary N) is 1. The molecule has 4 aromatic rings. The highest BCUT2D eigenvalue weighted by atomic mass is 32.2. The van der Waals surface area contributed by atoms with Gasteiger partial charge in [0.25, 0.3) is 0 Å². The summed E-state index contributed by atoms with van der Waals surface area (Å²) in [6, 6.07) is 20.5. The topological polar surface area (TPSA) is 108 Å². The highest BCUT2D eigenvalue weighted by Crippen LogP contribution is 2.39. The number of benzene rings is 4. The quantitative estimate of drug-likeness (QED) is 0.249. The number of alkyl halides is 3. The number of halogens is 4. The van der Waals surface area contributed by atoms with E-state index < -0.39 is 39.8 Å². The number of hydrogen-bond donors (Lipinski definition) is 2. The fourth-order valence-corrected chi connectivity index (χ4v) is 4.78. The lowest BCUT2D eigenvalue weighted by molar-refractivity contribution is -0.274. The molecule has 0 aliphatic rings. The van der Waals surface area contributed by atoms with Crippen LogP contribution in [0.2, 0.25) is 0 Å². The normalized spacial score (nSPS) is 12.5. The molecule has 12 heteroatoms. The summed E-state index contributed by atoms with van der Waals surface area (Å²) in [5.74, 6) is -2.97. The van der Waals surface area contributed by atoms with Crippen molar-refractivity contribution in [2.24, 2.45) is 5.73 Å². The van der Waals surface area contributed by atoms with Crippen molar-refractivity contribution in [3.63, 3.8) is 0 Å². The maximum absolute atomic E-state index is 14.7. The lowest BCUT2D eigenvalue weighted by Crippen LogP contribution is -2.23. The molecule has 7 nitrogen and oxygen atoms in total. The van der Waals surface area contributed by atoms with Crippen molar-refractivity contribution in [1.82, 2.24) is 4.72 Å². The summed E-state index contributed by atoms with van der Waals surface area (Å²) in [6.07, 6.45) is -4.92. The molecule has 0 saturated carbocycles. The molecule has 4 rings (SSSR count). The maximum Gasteiger partial charge on any atom is 0.573 e. The van der Waals surface area contributed by atoms with Gasteiger partial charge in [0.05, 0.1) is 10.8 Å². The summed E-state index contributed by atoms with van der Waals surface area (Å²) in [5, 5.41) is 0. The fraction of sp³-hybridized carbons (Fsp3) is 0.107. The Hall–Kier alpha value is -4.42. The Kier molecular flexibility index (Phi) is 8.12. The average molecular weight is 575 g/mol. The third-order valence-electron chi connectivity index (χ3n) is 5.85. The van der Waals surface area contributed by atoms with Gasteiger partial charge in [0, 0.05) is 17.2 Å². The summed E-state index contributed by atoms with van der Waals surface area (Å²) in [6.45, 7) is 0. The van der Waals surface area contributed by atoms with E-state index in [1.807, 2.05) is 0 Å². The fourth-order valence-electron chi connectivity index (χ4n) is 4.05. The summed E-state index contributed by atoms with van der Waals surface area (Å²) in [7, 11) is -2.46. The maximum atomic E-state index is 14.7. The van der Waals surface area contributed by atoms with E-state index in [0.717, 1.165) is 12.1 Å². The molecule has 0 bridgehead atoms. The number of carbonyl (C=O) groups is 1. The zero-order valence-electron chi connectivity index (χ0n) is 20.8. The minimum Gasteiger partial charge on any atom is -0.457 e. The first-order valence-corrected chi connectivity index (χ1v) is 13.1. The molecule has 0 aromatic heterocycles. The van der Waals surface area contributed by atoms with Gasteiger partial charge < -0.3 is 15.2 Å². The summed E-state index contributed by atoms with van der Waals surface area (Å²) >= 11 is 0. The van der Waals surface area contributed by atoms with E-state index in [1.165, 1.54) is 79.8 Å². The molecule has 0 aliphatic carbocycles. The van der Waals surface area contributed by atoms with Gasteiger partial charge in [-0.3, -0.25) is 4.79 Å². The van der Waals surface area contributed by atoms with Crippen LogP contribution in [0, 0.1) is 5.82 Å². The van der Waals surface area contributed by atoms with Crippen LogP contribution in [0.5, 0.6) is 17.2 Å². The third-order valence-corrected chi connectivity index (χ3v) is 7.28. The molecule has 0 fully saturated rings. The van der Waals surface area contributed by atoms with Crippen LogP contribution in [0.15, 0.2) is 95.9 Å². The predicted molar refractivity (Wildman–Crippen MR) is 139 cm³/mol. The second-order valence-electron chi connectivity index (χ2n) is 8.47. The molecule has 1 atom stereocenters. The molecule has 3 N–H and O–H groups in total. The van der Waals surface area contributed by atoms with E-state index in [0.29, 0.717) is 11.1 Å². The van der Waals surface area contributed by atoms with E-state index in [9.17, 15) is 30.8 Å². The molecular formula is C28H22F4N2O5S. The Bertz CT molecular complexity index is 1640. The number of ether oxygens (including phenoxy) is 2. The van der Waals surface area contributed by atoms with Crippen LogP contribution in [-0.2, 0) is 14.8 Å². The van der Waals surface area contributed by atoms with Gasteiger partial charge in [-0.15, -0.1) is 13.2 Å². The molecule has 1 amide bonds. The Balaban J connectivity index is 1.80. The van der Waals surface area contributed by atoms with E-state index in [1.54, 1.807) is 6.07 Å². The van der Waals surface area contributed by atoms with Crippen molar-refractivity contribution < 1.29 is 40.2 Å². The van der Waals surface area contributed by atoms with Crippen molar-refractivity contribution >= 4 is 15.9 Å². The van der Waals surface area contributed by atoms with E-state index in [4.69, 9.17) is 10.5 Å². The average Bonchev–Trinajstić information content (AvgIpc) is 2.89. The number of sulfonamides is 1. The van der Waals surface area contributed by atoms with Crippen LogP contribution in [-0.4, -0.2) is 27.7 Å². The van der Waals surface area contributed by atoms with Crippen molar-refractivity contribution in [1.29, 1.82) is 0 Å². The lowest BCUT2D eigenvalue weighted by Gasteiger charge is -2.19. The summed E-state index contributed by atoms with van der Waals surface area (Å²) < 4.78 is 89.2. The molecule has 0 saturated heterocycles. The van der Waals surface area contributed by atoms with Gasteiger partial charge in [-0.2, -0.15) is 0 Å². The van der Waals surface area contributed by atoms with Crippen molar-refractivity contribution in [3.8, 4) is 28.4 Å². The van der Waals surface area contributed by atoms with Crippen LogP contribution in [0.1, 0.15) is 17.0 Å². The monoisotopic (exact) mass is 574 g/mol. The van der Waals surface area contributed by atoms with Gasteiger partial charge in [-0.25, -0.2) is 17.5 Å². The Labute approximate surface area is 227 Å². The highest BCUT2D eigenvalue weighted by molar-refractivity contribution is 7.89. The van der Waals surface area contributed by atoms with E-state index in [-0.39, 0.29) is 27.5 Å². The zero-order valence-corrected chi connectivity index (χ0v) is 21.6. The van der Waals surface area contributed by atoms with Crippen molar-refractivity contribution in [2.75, 3.05) is 7.05 Å². The van der Waals surface area contributed by atoms with Gasteiger partial charge in [0.1, 0.15) is 23.1 Å². The molecule has 40 heavy (non-hydrogen) atoms. The molecular weight excluding hydrogens is 552 g/mol. The Morgan fingerprint density at radius 2 is 1.50 bits per heavy atom. The first-order chi connectivity index (χ1) is 18.9. The highest BCUT2D eigenvalue weighted by Gasteiger charge is 2.31. The summed E-state index contributed by atoms with van der Waals surface area (Å²) in [5.41, 5.74) is 6.79. The van der Waals surface area contributed by atoms with E-state index in [2.05, 4.69) is 9.46 Å². The molecule has 0 spiro atoms. The van der Waals surface area contributed by atoms with Gasteiger partial charge >= 0.3 is 6.36 Å². The zero-order chi connectivity index (χ0) is 29.1. The molecule has 1 unspecified atom stereocenters. The van der Waals surface area contributed by atoms with Crippen molar-refractivity contribution in [2.45, 2.75) is 17.2 Å². The number of primary amides is 1. The first-order valence-electron chi connectivity index (χ1n) is 11.6. The number of nitrogens with one attached hydrogen (secondary N) is 1. The van der Waals surface area contributed by atoms with Gasteiger partial charge in [-0.1, -0.05) is 48.5 Å². The Morgan fingerprint density at radius 3 is 2.12 bits per heavy atom.